The zero-order chi connectivity index (χ0) is 16.1. The highest BCUT2D eigenvalue weighted by Crippen LogP contribution is 2.26. The van der Waals surface area contributed by atoms with E-state index in [0.29, 0.717) is 5.56 Å². The van der Waals surface area contributed by atoms with Gasteiger partial charge < -0.3 is 9.15 Å². The van der Waals surface area contributed by atoms with Crippen LogP contribution in [0.5, 0.6) is 0 Å². The third-order valence-electron chi connectivity index (χ3n) is 3.15. The number of carbonyl (C=O) groups is 1. The van der Waals surface area contributed by atoms with Gasteiger partial charge in [-0.2, -0.15) is 11.8 Å². The Bertz CT molecular complexity index is 781. The van der Waals surface area contributed by atoms with Crippen LogP contribution >= 0.6 is 23.1 Å². The second-order valence-corrected chi connectivity index (χ2v) is 6.65. The third kappa shape index (κ3) is 4.03. The van der Waals surface area contributed by atoms with Gasteiger partial charge in [-0.05, 0) is 29.8 Å². The number of aromatic nitrogens is 1. The molecule has 1 aromatic carbocycles. The number of hydrogen-bond acceptors (Lipinski definition) is 6. The molecule has 0 saturated carbocycles. The summed E-state index contributed by atoms with van der Waals surface area (Å²) in [5.74, 6) is 2.13. The number of rotatable bonds is 6. The zero-order valence-electron chi connectivity index (χ0n) is 12.5. The van der Waals surface area contributed by atoms with E-state index in [9.17, 15) is 4.79 Å². The monoisotopic (exact) mass is 345 g/mol. The number of thiazole rings is 1. The molecule has 0 atom stereocenters. The fourth-order valence-corrected chi connectivity index (χ4v) is 3.83. The second kappa shape index (κ2) is 7.48. The number of ether oxygens (including phenoxy) is 1. The minimum atomic E-state index is -0.306. The number of carbonyl (C=O) groups excluding carboxylic acids is 1. The molecule has 3 rings (SSSR count). The van der Waals surface area contributed by atoms with Crippen molar-refractivity contribution in [2.75, 3.05) is 7.11 Å². The summed E-state index contributed by atoms with van der Waals surface area (Å²) < 4.78 is 10.1. The maximum atomic E-state index is 11.5. The van der Waals surface area contributed by atoms with Crippen LogP contribution in [0.4, 0.5) is 0 Å². The molecular formula is C17H15NO3S2. The van der Waals surface area contributed by atoms with Crippen LogP contribution < -0.4 is 0 Å². The molecule has 0 bridgehead atoms. The van der Waals surface area contributed by atoms with Crippen LogP contribution in [0.2, 0.25) is 0 Å². The van der Waals surface area contributed by atoms with E-state index >= 15 is 0 Å². The average molecular weight is 345 g/mol. The van der Waals surface area contributed by atoms with E-state index in [0.717, 1.165) is 33.5 Å². The molecule has 4 nitrogen and oxygen atoms in total. The van der Waals surface area contributed by atoms with Gasteiger partial charge in [0.25, 0.3) is 0 Å². The van der Waals surface area contributed by atoms with Crippen molar-refractivity contribution in [1.82, 2.24) is 4.98 Å². The van der Waals surface area contributed by atoms with Gasteiger partial charge in [0.05, 0.1) is 24.6 Å². The molecule has 3 aromatic rings. The first-order valence-corrected chi connectivity index (χ1v) is 9.03. The maximum absolute atomic E-state index is 11.5. The Morgan fingerprint density at radius 2 is 2.22 bits per heavy atom. The molecule has 6 heteroatoms. The smallest absolute Gasteiger partial charge is 0.337 e. The van der Waals surface area contributed by atoms with Gasteiger partial charge in [0.15, 0.2) is 10.8 Å². The van der Waals surface area contributed by atoms with E-state index in [1.165, 1.54) is 7.11 Å². The SMILES string of the molecule is COC(=O)c1cccc(CSCc2csc(-c3ccco3)n2)c1. The summed E-state index contributed by atoms with van der Waals surface area (Å²) in [6.07, 6.45) is 1.65. The number of esters is 1. The van der Waals surface area contributed by atoms with Crippen LogP contribution in [0.15, 0.2) is 52.5 Å². The zero-order valence-corrected chi connectivity index (χ0v) is 14.2. The normalized spacial score (nSPS) is 10.7. The number of benzene rings is 1. The van der Waals surface area contributed by atoms with Crippen molar-refractivity contribution in [2.24, 2.45) is 0 Å². The van der Waals surface area contributed by atoms with E-state index in [-0.39, 0.29) is 5.97 Å². The molecule has 2 heterocycles. The van der Waals surface area contributed by atoms with E-state index < -0.39 is 0 Å². The number of hydrogen-bond donors (Lipinski definition) is 0. The first-order chi connectivity index (χ1) is 11.3. The van der Waals surface area contributed by atoms with Crippen molar-refractivity contribution in [3.05, 3.63) is 64.9 Å². The van der Waals surface area contributed by atoms with Gasteiger partial charge in [0.1, 0.15) is 0 Å². The third-order valence-corrected chi connectivity index (χ3v) is 5.09. The first kappa shape index (κ1) is 15.8. The van der Waals surface area contributed by atoms with Crippen LogP contribution in [0.1, 0.15) is 21.6 Å². The molecular weight excluding hydrogens is 330 g/mol. The Hall–Kier alpha value is -2.05. The highest BCUT2D eigenvalue weighted by molar-refractivity contribution is 7.97. The molecule has 23 heavy (non-hydrogen) atoms. The van der Waals surface area contributed by atoms with Crippen molar-refractivity contribution in [3.63, 3.8) is 0 Å². The predicted molar refractivity (Wildman–Crippen MR) is 92.6 cm³/mol. The fourth-order valence-electron chi connectivity index (χ4n) is 2.07. The van der Waals surface area contributed by atoms with Gasteiger partial charge in [0, 0.05) is 16.9 Å². The lowest BCUT2D eigenvalue weighted by Gasteiger charge is -2.03. The van der Waals surface area contributed by atoms with Gasteiger partial charge >= 0.3 is 5.97 Å². The lowest BCUT2D eigenvalue weighted by molar-refractivity contribution is 0.0600. The van der Waals surface area contributed by atoms with Crippen molar-refractivity contribution >= 4 is 29.1 Å². The van der Waals surface area contributed by atoms with Crippen molar-refractivity contribution in [1.29, 1.82) is 0 Å². The topological polar surface area (TPSA) is 52.3 Å². The Morgan fingerprint density at radius 3 is 3.00 bits per heavy atom. The molecule has 0 N–H and O–H groups in total. The summed E-state index contributed by atoms with van der Waals surface area (Å²) in [5.41, 5.74) is 2.72. The highest BCUT2D eigenvalue weighted by Gasteiger charge is 2.08. The summed E-state index contributed by atoms with van der Waals surface area (Å²) in [7, 11) is 1.39. The van der Waals surface area contributed by atoms with Crippen molar-refractivity contribution in [3.8, 4) is 10.8 Å². The predicted octanol–water partition coefficient (Wildman–Crippen LogP) is 4.62. The first-order valence-electron chi connectivity index (χ1n) is 6.99. The number of furan rings is 1. The number of methoxy groups -OCH3 is 1. The Kier molecular flexibility index (Phi) is 5.15. The second-order valence-electron chi connectivity index (χ2n) is 4.81. The molecule has 0 aliphatic rings. The Morgan fingerprint density at radius 1 is 1.30 bits per heavy atom. The van der Waals surface area contributed by atoms with E-state index in [2.05, 4.69) is 10.4 Å². The molecule has 118 valence electrons. The Labute approximate surface area is 142 Å². The molecule has 0 amide bonds. The standard InChI is InChI=1S/C17H15NO3S2/c1-20-17(19)13-5-2-4-12(8-13)9-22-10-14-11-23-16(18-14)15-6-3-7-21-15/h2-8,11H,9-10H2,1H3. The fraction of sp³-hybridized carbons (Fsp3) is 0.176. The molecule has 0 radical (unpaired) electrons. The minimum Gasteiger partial charge on any atom is -0.465 e. The Balaban J connectivity index is 1.56. The van der Waals surface area contributed by atoms with Crippen LogP contribution in [-0.2, 0) is 16.2 Å². The number of nitrogens with zero attached hydrogens (tertiary/aromatic N) is 1. The molecule has 2 aromatic heterocycles. The average Bonchev–Trinajstić information content (AvgIpc) is 3.25. The molecule has 0 unspecified atom stereocenters. The van der Waals surface area contributed by atoms with Crippen LogP contribution in [-0.4, -0.2) is 18.1 Å². The highest BCUT2D eigenvalue weighted by atomic mass is 32.2. The quantitative estimate of drug-likeness (QED) is 0.610. The summed E-state index contributed by atoms with van der Waals surface area (Å²) in [6.45, 7) is 0. The van der Waals surface area contributed by atoms with Gasteiger partial charge in [-0.15, -0.1) is 11.3 Å². The molecule has 0 fully saturated rings. The summed E-state index contributed by atoms with van der Waals surface area (Å²) in [4.78, 5) is 16.1. The molecule has 0 saturated heterocycles. The maximum Gasteiger partial charge on any atom is 0.337 e. The van der Waals surface area contributed by atoms with Crippen LogP contribution in [0.3, 0.4) is 0 Å². The summed E-state index contributed by atoms with van der Waals surface area (Å²) in [6, 6.07) is 11.3. The summed E-state index contributed by atoms with van der Waals surface area (Å²) >= 11 is 3.34. The largest absolute Gasteiger partial charge is 0.465 e. The van der Waals surface area contributed by atoms with Gasteiger partial charge in [-0.3, -0.25) is 0 Å². The van der Waals surface area contributed by atoms with Crippen molar-refractivity contribution < 1.29 is 13.9 Å². The van der Waals surface area contributed by atoms with Crippen molar-refractivity contribution in [2.45, 2.75) is 11.5 Å². The van der Waals surface area contributed by atoms with Gasteiger partial charge in [-0.25, -0.2) is 9.78 Å². The van der Waals surface area contributed by atoms with E-state index in [4.69, 9.17) is 9.15 Å². The molecule has 0 spiro atoms. The minimum absolute atomic E-state index is 0.306. The van der Waals surface area contributed by atoms with Crippen LogP contribution in [0.25, 0.3) is 10.8 Å². The van der Waals surface area contributed by atoms with E-state index in [1.54, 1.807) is 35.4 Å². The number of thioether (sulfide) groups is 1. The van der Waals surface area contributed by atoms with Gasteiger partial charge in [-0.1, -0.05) is 12.1 Å². The lowest BCUT2D eigenvalue weighted by Crippen LogP contribution is -2.01. The molecule has 0 aliphatic heterocycles. The van der Waals surface area contributed by atoms with E-state index in [1.807, 2.05) is 30.3 Å². The molecule has 0 aliphatic carbocycles. The van der Waals surface area contributed by atoms with Crippen LogP contribution in [0, 0.1) is 0 Å². The lowest BCUT2D eigenvalue weighted by atomic mass is 10.1. The van der Waals surface area contributed by atoms with Gasteiger partial charge in [0.2, 0.25) is 0 Å². The summed E-state index contributed by atoms with van der Waals surface area (Å²) in [5, 5.41) is 2.95.